The zero-order valence-corrected chi connectivity index (χ0v) is 14.2. The van der Waals surface area contributed by atoms with E-state index in [1.165, 1.54) is 7.05 Å². The zero-order valence-electron chi connectivity index (χ0n) is 14.2. The van der Waals surface area contributed by atoms with Gasteiger partial charge in [-0.3, -0.25) is 4.79 Å². The molecular formula is C17H31N3O. The second-order valence-corrected chi connectivity index (χ2v) is 4.85. The summed E-state index contributed by atoms with van der Waals surface area (Å²) in [6.07, 6.45) is 2.15. The van der Waals surface area contributed by atoms with Crippen molar-refractivity contribution in [3.63, 3.8) is 0 Å². The van der Waals surface area contributed by atoms with Crippen LogP contribution in [0.1, 0.15) is 37.0 Å². The molecule has 2 N–H and O–H groups in total. The summed E-state index contributed by atoms with van der Waals surface area (Å²) in [4.78, 5) is 16.4. The number of carbonyl (C=O) groups is 1. The van der Waals surface area contributed by atoms with Gasteiger partial charge in [0, 0.05) is 24.7 Å². The van der Waals surface area contributed by atoms with Crippen LogP contribution >= 0.6 is 0 Å². The van der Waals surface area contributed by atoms with Crippen LogP contribution in [0.4, 0.5) is 0 Å². The van der Waals surface area contributed by atoms with Crippen molar-refractivity contribution in [3.8, 4) is 0 Å². The van der Waals surface area contributed by atoms with Crippen LogP contribution in [0.3, 0.4) is 0 Å². The van der Waals surface area contributed by atoms with Crippen LogP contribution in [0.15, 0.2) is 30.3 Å². The Morgan fingerprint density at radius 3 is 2.00 bits per heavy atom. The highest BCUT2D eigenvalue weighted by Gasteiger charge is 2.24. The summed E-state index contributed by atoms with van der Waals surface area (Å²) in [5, 5.41) is 0. The summed E-state index contributed by atoms with van der Waals surface area (Å²) >= 11 is 0. The Morgan fingerprint density at radius 1 is 1.10 bits per heavy atom. The van der Waals surface area contributed by atoms with Crippen molar-refractivity contribution in [2.45, 2.75) is 32.7 Å². The predicted molar refractivity (Wildman–Crippen MR) is 90.5 cm³/mol. The normalized spacial score (nSPS) is 14.7. The fourth-order valence-corrected chi connectivity index (χ4v) is 2.35. The Bertz CT molecular complexity index is 371. The number of rotatable bonds is 2. The van der Waals surface area contributed by atoms with Crippen LogP contribution < -0.4 is 5.73 Å². The molecule has 0 atom stereocenters. The summed E-state index contributed by atoms with van der Waals surface area (Å²) in [6, 6.07) is 10.2. The molecule has 0 aromatic heterocycles. The van der Waals surface area contributed by atoms with Gasteiger partial charge in [0.05, 0.1) is 0 Å². The molecule has 4 heteroatoms. The minimum Gasteiger partial charge on any atom is -0.339 e. The molecule has 21 heavy (non-hydrogen) atoms. The highest BCUT2D eigenvalue weighted by Crippen LogP contribution is 2.16. The molecule has 0 spiro atoms. The number of amides is 1. The largest absolute Gasteiger partial charge is 0.339 e. The molecule has 120 valence electrons. The molecule has 0 aliphatic carbocycles. The van der Waals surface area contributed by atoms with Crippen molar-refractivity contribution in [1.82, 2.24) is 9.80 Å². The van der Waals surface area contributed by atoms with Crippen LogP contribution in [-0.2, 0) is 0 Å². The van der Waals surface area contributed by atoms with Crippen LogP contribution in [0.25, 0.3) is 0 Å². The van der Waals surface area contributed by atoms with Gasteiger partial charge in [-0.25, -0.2) is 0 Å². The van der Waals surface area contributed by atoms with Gasteiger partial charge in [-0.2, -0.15) is 0 Å². The van der Waals surface area contributed by atoms with Gasteiger partial charge in [-0.15, -0.1) is 0 Å². The van der Waals surface area contributed by atoms with Crippen molar-refractivity contribution in [2.75, 3.05) is 34.2 Å². The number of carbonyl (C=O) groups excluding carboxylic acids is 1. The van der Waals surface area contributed by atoms with Crippen molar-refractivity contribution >= 4 is 5.91 Å². The third kappa shape index (κ3) is 6.27. The molecule has 1 aromatic rings. The molecule has 0 unspecified atom stereocenters. The first-order valence-corrected chi connectivity index (χ1v) is 7.77. The van der Waals surface area contributed by atoms with Gasteiger partial charge in [0.15, 0.2) is 0 Å². The Labute approximate surface area is 129 Å². The predicted octanol–water partition coefficient (Wildman–Crippen LogP) is 2.45. The summed E-state index contributed by atoms with van der Waals surface area (Å²) in [5.74, 6) is 0.169. The molecule has 1 heterocycles. The van der Waals surface area contributed by atoms with E-state index in [2.05, 4.69) is 24.7 Å². The third-order valence-electron chi connectivity index (χ3n) is 3.50. The number of hydrogen-bond acceptors (Lipinski definition) is 3. The van der Waals surface area contributed by atoms with E-state index in [0.29, 0.717) is 6.04 Å². The minimum absolute atomic E-state index is 0.169. The number of nitrogens with zero attached hydrogens (tertiary/aromatic N) is 2. The quantitative estimate of drug-likeness (QED) is 0.911. The molecule has 1 aliphatic heterocycles. The van der Waals surface area contributed by atoms with Gasteiger partial charge in [0.1, 0.15) is 0 Å². The standard InChI is InChI=1S/C14H20N2O.C2H6.CH5N/c1-15(2)13-8-10-16(11-9-13)14(17)12-6-4-3-5-7-12;2*1-2/h3-7,13H,8-11H2,1-2H3;1-2H3;2H2,1H3. The lowest BCUT2D eigenvalue weighted by Crippen LogP contribution is -2.44. The average molecular weight is 293 g/mol. The van der Waals surface area contributed by atoms with Gasteiger partial charge in [0.2, 0.25) is 0 Å². The maximum absolute atomic E-state index is 12.2. The van der Waals surface area contributed by atoms with E-state index in [1.807, 2.05) is 49.1 Å². The smallest absolute Gasteiger partial charge is 0.253 e. The van der Waals surface area contributed by atoms with E-state index in [0.717, 1.165) is 31.5 Å². The molecule has 1 amide bonds. The molecule has 1 aromatic carbocycles. The first-order valence-electron chi connectivity index (χ1n) is 7.77. The number of benzene rings is 1. The molecular weight excluding hydrogens is 262 g/mol. The van der Waals surface area contributed by atoms with E-state index in [4.69, 9.17) is 0 Å². The summed E-state index contributed by atoms with van der Waals surface area (Å²) < 4.78 is 0. The number of hydrogen-bond donors (Lipinski definition) is 1. The highest BCUT2D eigenvalue weighted by atomic mass is 16.2. The molecule has 4 nitrogen and oxygen atoms in total. The highest BCUT2D eigenvalue weighted by molar-refractivity contribution is 5.94. The fraction of sp³-hybridized carbons (Fsp3) is 0.588. The van der Waals surface area contributed by atoms with Crippen molar-refractivity contribution < 1.29 is 4.79 Å². The number of piperidine rings is 1. The van der Waals surface area contributed by atoms with E-state index in [1.54, 1.807) is 0 Å². The lowest BCUT2D eigenvalue weighted by Gasteiger charge is -2.35. The lowest BCUT2D eigenvalue weighted by molar-refractivity contribution is 0.0663. The zero-order chi connectivity index (χ0) is 16.3. The average Bonchev–Trinajstić information content (AvgIpc) is 2.58. The van der Waals surface area contributed by atoms with Crippen LogP contribution in [-0.4, -0.2) is 56.0 Å². The van der Waals surface area contributed by atoms with E-state index < -0.39 is 0 Å². The maximum Gasteiger partial charge on any atom is 0.253 e. The Balaban J connectivity index is 0.000000921. The summed E-state index contributed by atoms with van der Waals surface area (Å²) in [5.41, 5.74) is 5.30. The van der Waals surface area contributed by atoms with Crippen LogP contribution in [0.2, 0.25) is 0 Å². The topological polar surface area (TPSA) is 49.6 Å². The molecule has 2 rings (SSSR count). The third-order valence-corrected chi connectivity index (χ3v) is 3.50. The van der Waals surface area contributed by atoms with Gasteiger partial charge in [0.25, 0.3) is 5.91 Å². The van der Waals surface area contributed by atoms with E-state index in [-0.39, 0.29) is 5.91 Å². The van der Waals surface area contributed by atoms with Crippen LogP contribution in [0, 0.1) is 0 Å². The van der Waals surface area contributed by atoms with Gasteiger partial charge >= 0.3 is 0 Å². The Kier molecular flexibility index (Phi) is 10.5. The van der Waals surface area contributed by atoms with E-state index >= 15 is 0 Å². The first kappa shape index (κ1) is 19.6. The molecule has 1 fully saturated rings. The maximum atomic E-state index is 12.2. The number of likely N-dealkylation sites (tertiary alicyclic amines) is 1. The monoisotopic (exact) mass is 293 g/mol. The SMILES string of the molecule is CC.CN.CN(C)C1CCN(C(=O)c2ccccc2)CC1. The molecule has 0 radical (unpaired) electrons. The van der Waals surface area contributed by atoms with Crippen molar-refractivity contribution in [1.29, 1.82) is 0 Å². The second kappa shape index (κ2) is 11.3. The van der Waals surface area contributed by atoms with Crippen molar-refractivity contribution in [2.24, 2.45) is 5.73 Å². The lowest BCUT2D eigenvalue weighted by atomic mass is 10.0. The molecule has 1 saturated heterocycles. The summed E-state index contributed by atoms with van der Waals surface area (Å²) in [6.45, 7) is 5.74. The molecule has 0 bridgehead atoms. The van der Waals surface area contributed by atoms with Crippen LogP contribution in [0.5, 0.6) is 0 Å². The fourth-order valence-electron chi connectivity index (χ4n) is 2.35. The van der Waals surface area contributed by atoms with Gasteiger partial charge in [-0.1, -0.05) is 32.0 Å². The van der Waals surface area contributed by atoms with Gasteiger partial charge < -0.3 is 15.5 Å². The molecule has 0 saturated carbocycles. The summed E-state index contributed by atoms with van der Waals surface area (Å²) in [7, 11) is 5.72. The first-order chi connectivity index (χ1) is 10.2. The minimum atomic E-state index is 0.169. The number of nitrogens with two attached hydrogens (primary N) is 1. The Hall–Kier alpha value is -1.39. The van der Waals surface area contributed by atoms with Gasteiger partial charge in [-0.05, 0) is 46.1 Å². The van der Waals surface area contributed by atoms with Crippen molar-refractivity contribution in [3.05, 3.63) is 35.9 Å². The van der Waals surface area contributed by atoms with E-state index in [9.17, 15) is 4.79 Å². The molecule has 1 aliphatic rings. The second-order valence-electron chi connectivity index (χ2n) is 4.85. The Morgan fingerprint density at radius 2 is 1.57 bits per heavy atom.